The third kappa shape index (κ3) is 5.57. The summed E-state index contributed by atoms with van der Waals surface area (Å²) < 4.78 is 50.6. The fraction of sp³-hybridized carbons (Fsp3) is 0.391. The predicted molar refractivity (Wildman–Crippen MR) is 117 cm³/mol. The monoisotopic (exact) mass is 463 g/mol. The molecule has 0 spiro atoms. The molecule has 0 unspecified atom stereocenters. The second kappa shape index (κ2) is 9.70. The Bertz CT molecular complexity index is 1020. The van der Waals surface area contributed by atoms with E-state index in [4.69, 9.17) is 9.47 Å². The van der Waals surface area contributed by atoms with Gasteiger partial charge in [-0.05, 0) is 36.8 Å². The van der Waals surface area contributed by atoms with Crippen LogP contribution in [0, 0.1) is 0 Å². The first-order valence-electron chi connectivity index (χ1n) is 10.7. The van der Waals surface area contributed by atoms with E-state index < -0.39 is 24.3 Å². The van der Waals surface area contributed by atoms with Crippen LogP contribution in [0.3, 0.4) is 0 Å². The Morgan fingerprint density at radius 3 is 2.58 bits per heavy atom. The van der Waals surface area contributed by atoms with Crippen molar-refractivity contribution in [2.24, 2.45) is 0 Å². The molecule has 0 aliphatic carbocycles. The van der Waals surface area contributed by atoms with Crippen molar-refractivity contribution in [2.75, 3.05) is 54.6 Å². The van der Waals surface area contributed by atoms with Gasteiger partial charge < -0.3 is 24.6 Å². The highest BCUT2D eigenvalue weighted by Crippen LogP contribution is 2.36. The Hall–Kier alpha value is -3.27. The van der Waals surface area contributed by atoms with Gasteiger partial charge in [-0.25, -0.2) is 0 Å². The van der Waals surface area contributed by atoms with E-state index in [1.165, 1.54) is 6.07 Å². The van der Waals surface area contributed by atoms with Crippen LogP contribution in [0.15, 0.2) is 42.5 Å². The zero-order valence-electron chi connectivity index (χ0n) is 17.9. The van der Waals surface area contributed by atoms with Crippen LogP contribution in [0.5, 0.6) is 5.75 Å². The number of halogens is 3. The van der Waals surface area contributed by atoms with E-state index in [1.54, 1.807) is 29.2 Å². The molecule has 0 saturated carbocycles. The molecule has 33 heavy (non-hydrogen) atoms. The third-order valence-electron chi connectivity index (χ3n) is 5.52. The highest BCUT2D eigenvalue weighted by molar-refractivity contribution is 5.96. The van der Waals surface area contributed by atoms with Crippen molar-refractivity contribution in [3.05, 3.63) is 48.0 Å². The zero-order valence-corrected chi connectivity index (χ0v) is 17.9. The summed E-state index contributed by atoms with van der Waals surface area (Å²) in [6, 6.07) is 10.1. The largest absolute Gasteiger partial charge is 0.484 e. The number of ether oxygens (including phenoxy) is 2. The van der Waals surface area contributed by atoms with E-state index in [1.807, 2.05) is 4.90 Å². The van der Waals surface area contributed by atoms with E-state index >= 15 is 0 Å². The lowest BCUT2D eigenvalue weighted by Gasteiger charge is -2.31. The van der Waals surface area contributed by atoms with Gasteiger partial charge in [0.05, 0.1) is 30.2 Å². The Morgan fingerprint density at radius 1 is 1.09 bits per heavy atom. The first-order chi connectivity index (χ1) is 15.8. The van der Waals surface area contributed by atoms with Gasteiger partial charge in [0.2, 0.25) is 5.91 Å². The fourth-order valence-electron chi connectivity index (χ4n) is 3.89. The standard InChI is InChI=1S/C23H24F3N3O4/c24-23(25,26)16-6-7-20(28-9-11-32-12-10-28)19(13-16)27-21(30)15-33-18-4-1-3-17(14-18)29-8-2-5-22(29)31/h1,3-4,6-7,13-14H,2,5,8-12,15H2,(H,27,30). The number of rotatable bonds is 6. The molecule has 0 aromatic heterocycles. The number of nitrogens with one attached hydrogen (secondary N) is 1. The van der Waals surface area contributed by atoms with Crippen LogP contribution in [-0.2, 0) is 20.5 Å². The third-order valence-corrected chi connectivity index (χ3v) is 5.52. The van der Waals surface area contributed by atoms with E-state index in [-0.39, 0.29) is 11.6 Å². The van der Waals surface area contributed by atoms with Crippen LogP contribution in [0.2, 0.25) is 0 Å². The minimum atomic E-state index is -4.53. The first-order valence-corrected chi connectivity index (χ1v) is 10.7. The number of amides is 2. The molecular weight excluding hydrogens is 439 g/mol. The summed E-state index contributed by atoms with van der Waals surface area (Å²) in [5.41, 5.74) is 0.396. The van der Waals surface area contributed by atoms with Gasteiger partial charge in [-0.1, -0.05) is 6.07 Å². The molecule has 2 aliphatic heterocycles. The van der Waals surface area contributed by atoms with E-state index in [0.717, 1.165) is 18.6 Å². The quantitative estimate of drug-likeness (QED) is 0.708. The molecule has 2 aromatic carbocycles. The summed E-state index contributed by atoms with van der Waals surface area (Å²) in [5.74, 6) is -0.170. The van der Waals surface area contributed by atoms with Crippen molar-refractivity contribution < 1.29 is 32.2 Å². The summed E-state index contributed by atoms with van der Waals surface area (Å²) in [5, 5.41) is 2.56. The van der Waals surface area contributed by atoms with Crippen molar-refractivity contribution in [1.29, 1.82) is 0 Å². The molecule has 2 fully saturated rings. The molecule has 2 amide bonds. The summed E-state index contributed by atoms with van der Waals surface area (Å²) >= 11 is 0. The van der Waals surface area contributed by atoms with Crippen LogP contribution in [0.1, 0.15) is 18.4 Å². The molecule has 2 aliphatic rings. The van der Waals surface area contributed by atoms with Crippen LogP contribution in [-0.4, -0.2) is 51.3 Å². The molecule has 0 radical (unpaired) electrons. The van der Waals surface area contributed by atoms with E-state index in [2.05, 4.69) is 5.32 Å². The molecule has 2 saturated heterocycles. The Morgan fingerprint density at radius 2 is 1.88 bits per heavy atom. The van der Waals surface area contributed by atoms with Crippen molar-refractivity contribution in [3.8, 4) is 5.75 Å². The Kier molecular flexibility index (Phi) is 6.73. The minimum absolute atomic E-state index is 0.0325. The molecule has 1 N–H and O–H groups in total. The maximum Gasteiger partial charge on any atom is 0.416 e. The van der Waals surface area contributed by atoms with Crippen molar-refractivity contribution >= 4 is 28.9 Å². The normalized spacial score (nSPS) is 16.8. The molecule has 10 heteroatoms. The van der Waals surface area contributed by atoms with Gasteiger partial charge in [0, 0.05) is 37.8 Å². The van der Waals surface area contributed by atoms with Gasteiger partial charge in [0.1, 0.15) is 5.75 Å². The van der Waals surface area contributed by atoms with Gasteiger partial charge in [-0.2, -0.15) is 13.2 Å². The maximum absolute atomic E-state index is 13.2. The molecule has 2 heterocycles. The highest BCUT2D eigenvalue weighted by atomic mass is 19.4. The summed E-state index contributed by atoms with van der Waals surface area (Å²) in [6.07, 6.45) is -3.25. The van der Waals surface area contributed by atoms with Crippen LogP contribution < -0.4 is 19.9 Å². The number of hydrogen-bond acceptors (Lipinski definition) is 5. The van der Waals surface area contributed by atoms with E-state index in [0.29, 0.717) is 56.4 Å². The van der Waals surface area contributed by atoms with Crippen LogP contribution in [0.25, 0.3) is 0 Å². The molecule has 176 valence electrons. The fourth-order valence-corrected chi connectivity index (χ4v) is 3.89. The lowest BCUT2D eigenvalue weighted by Crippen LogP contribution is -2.37. The van der Waals surface area contributed by atoms with Crippen LogP contribution in [0.4, 0.5) is 30.2 Å². The minimum Gasteiger partial charge on any atom is -0.484 e. The molecule has 4 rings (SSSR count). The summed E-state index contributed by atoms with van der Waals surface area (Å²) in [7, 11) is 0. The number of carbonyl (C=O) groups excluding carboxylic acids is 2. The molecule has 7 nitrogen and oxygen atoms in total. The van der Waals surface area contributed by atoms with Gasteiger partial charge in [-0.15, -0.1) is 0 Å². The van der Waals surface area contributed by atoms with Crippen molar-refractivity contribution in [3.63, 3.8) is 0 Å². The predicted octanol–water partition coefficient (Wildman–Crippen LogP) is 3.69. The Balaban J connectivity index is 1.46. The van der Waals surface area contributed by atoms with Gasteiger partial charge >= 0.3 is 6.18 Å². The first kappa shape index (κ1) is 22.9. The SMILES string of the molecule is O=C(COc1cccc(N2CCCC2=O)c1)Nc1cc(C(F)(F)F)ccc1N1CCOCC1. The average molecular weight is 463 g/mol. The number of carbonyl (C=O) groups is 2. The number of nitrogens with zero attached hydrogens (tertiary/aromatic N) is 2. The molecule has 2 aromatic rings. The van der Waals surface area contributed by atoms with Gasteiger partial charge in [0.25, 0.3) is 5.91 Å². The molecular formula is C23H24F3N3O4. The topological polar surface area (TPSA) is 71.1 Å². The summed E-state index contributed by atoms with van der Waals surface area (Å²) in [4.78, 5) is 28.0. The van der Waals surface area contributed by atoms with Crippen molar-refractivity contribution in [2.45, 2.75) is 19.0 Å². The Labute approximate surface area is 189 Å². The molecule has 0 bridgehead atoms. The van der Waals surface area contributed by atoms with E-state index in [9.17, 15) is 22.8 Å². The van der Waals surface area contributed by atoms with Gasteiger partial charge in [0.15, 0.2) is 6.61 Å². The molecule has 0 atom stereocenters. The lowest BCUT2D eigenvalue weighted by molar-refractivity contribution is -0.137. The highest BCUT2D eigenvalue weighted by Gasteiger charge is 2.32. The lowest BCUT2D eigenvalue weighted by atomic mass is 10.1. The smallest absolute Gasteiger partial charge is 0.416 e. The number of benzene rings is 2. The second-order valence-corrected chi connectivity index (χ2v) is 7.81. The zero-order chi connectivity index (χ0) is 23.4. The maximum atomic E-state index is 13.2. The number of anilines is 3. The van der Waals surface area contributed by atoms with Gasteiger partial charge in [-0.3, -0.25) is 9.59 Å². The average Bonchev–Trinajstić information content (AvgIpc) is 3.24. The number of hydrogen-bond donors (Lipinski definition) is 1. The number of morpholine rings is 1. The second-order valence-electron chi connectivity index (χ2n) is 7.81. The number of alkyl halides is 3. The van der Waals surface area contributed by atoms with Crippen molar-refractivity contribution in [1.82, 2.24) is 0 Å². The summed E-state index contributed by atoms with van der Waals surface area (Å²) in [6.45, 7) is 2.15. The van der Waals surface area contributed by atoms with Crippen LogP contribution >= 0.6 is 0 Å².